The Morgan fingerprint density at radius 3 is 2.86 bits per heavy atom. The van der Waals surface area contributed by atoms with E-state index in [0.717, 1.165) is 54.4 Å². The number of aromatic nitrogens is 3. The highest BCUT2D eigenvalue weighted by Crippen LogP contribution is 2.34. The molecule has 0 unspecified atom stereocenters. The van der Waals surface area contributed by atoms with Crippen molar-refractivity contribution in [2.75, 3.05) is 30.4 Å². The summed E-state index contributed by atoms with van der Waals surface area (Å²) >= 11 is 1.32. The lowest BCUT2D eigenvalue weighted by atomic mass is 9.98. The number of nitrogens with zero attached hydrogens (tertiary/aromatic N) is 5. The molecule has 29 heavy (non-hydrogen) atoms. The predicted octanol–water partition coefficient (Wildman–Crippen LogP) is 2.68. The zero-order valence-corrected chi connectivity index (χ0v) is 17.0. The standard InChI is InChI=1S/C20H20N6O2S/c1-12-18(29-11-21-12)19(27)22-16-10-17-25(7-8-26(17)23-16)14-3-4-15-13(9-14)5-6-24(2)20(15)28/h3-4,9-11H,5-8H2,1-2H3,(H,22,23,27). The number of fused-ring (bicyclic) bond motifs is 2. The van der Waals surface area contributed by atoms with Crippen LogP contribution in [0, 0.1) is 6.92 Å². The lowest BCUT2D eigenvalue weighted by molar-refractivity contribution is 0.0780. The maximum Gasteiger partial charge on any atom is 0.268 e. The number of carbonyl (C=O) groups excluding carboxylic acids is 2. The molecule has 5 rings (SSSR count). The molecule has 2 amide bonds. The summed E-state index contributed by atoms with van der Waals surface area (Å²) in [5.74, 6) is 1.34. The fourth-order valence-corrected chi connectivity index (χ4v) is 4.57. The Bertz CT molecular complexity index is 1130. The Kier molecular flexibility index (Phi) is 4.13. The van der Waals surface area contributed by atoms with Crippen molar-refractivity contribution in [1.29, 1.82) is 0 Å². The average molecular weight is 408 g/mol. The molecular formula is C20H20N6O2S. The van der Waals surface area contributed by atoms with Gasteiger partial charge in [-0.05, 0) is 37.1 Å². The second-order valence-corrected chi connectivity index (χ2v) is 8.16. The minimum absolute atomic E-state index is 0.0765. The number of hydrogen-bond acceptors (Lipinski definition) is 6. The first-order valence-corrected chi connectivity index (χ1v) is 10.3. The van der Waals surface area contributed by atoms with E-state index in [-0.39, 0.29) is 11.8 Å². The SMILES string of the molecule is Cc1ncsc1C(=O)Nc1cc2n(n1)CCN2c1ccc2c(c1)CCN(C)C2=O. The number of amides is 2. The lowest BCUT2D eigenvalue weighted by Crippen LogP contribution is -2.34. The number of thiazole rings is 1. The first-order valence-electron chi connectivity index (χ1n) is 9.46. The van der Waals surface area contributed by atoms with Crippen LogP contribution in [0.3, 0.4) is 0 Å². The minimum Gasteiger partial charge on any atom is -0.341 e. The fourth-order valence-electron chi connectivity index (χ4n) is 3.87. The van der Waals surface area contributed by atoms with Crippen molar-refractivity contribution in [2.45, 2.75) is 19.9 Å². The van der Waals surface area contributed by atoms with Crippen LogP contribution in [0.2, 0.25) is 0 Å². The molecule has 0 fully saturated rings. The molecule has 0 radical (unpaired) electrons. The lowest BCUT2D eigenvalue weighted by Gasteiger charge is -2.26. The van der Waals surface area contributed by atoms with Crippen molar-refractivity contribution in [1.82, 2.24) is 19.7 Å². The van der Waals surface area contributed by atoms with Gasteiger partial charge in [0, 0.05) is 37.5 Å². The second kappa shape index (κ2) is 6.70. The molecule has 8 nitrogen and oxygen atoms in total. The van der Waals surface area contributed by atoms with E-state index in [1.165, 1.54) is 11.3 Å². The van der Waals surface area contributed by atoms with E-state index >= 15 is 0 Å². The molecule has 0 saturated heterocycles. The zero-order valence-electron chi connectivity index (χ0n) is 16.2. The molecule has 3 aromatic rings. The van der Waals surface area contributed by atoms with Crippen molar-refractivity contribution >= 4 is 40.5 Å². The van der Waals surface area contributed by atoms with Crippen LogP contribution >= 0.6 is 11.3 Å². The Morgan fingerprint density at radius 2 is 2.07 bits per heavy atom. The maximum absolute atomic E-state index is 12.5. The normalized spacial score (nSPS) is 15.4. The van der Waals surface area contributed by atoms with Crippen LogP contribution in [0.5, 0.6) is 0 Å². The topological polar surface area (TPSA) is 83.4 Å². The number of likely N-dealkylation sites (N-methyl/N-ethyl adjacent to an activating group) is 1. The van der Waals surface area contributed by atoms with Gasteiger partial charge in [-0.25, -0.2) is 9.67 Å². The monoisotopic (exact) mass is 408 g/mol. The maximum atomic E-state index is 12.5. The summed E-state index contributed by atoms with van der Waals surface area (Å²) in [6.07, 6.45) is 0.855. The first-order chi connectivity index (χ1) is 14.0. The van der Waals surface area contributed by atoms with Gasteiger partial charge in [-0.1, -0.05) is 0 Å². The summed E-state index contributed by atoms with van der Waals surface area (Å²) in [6, 6.07) is 7.88. The number of nitrogens with one attached hydrogen (secondary N) is 1. The molecule has 2 aromatic heterocycles. The van der Waals surface area contributed by atoms with Gasteiger partial charge < -0.3 is 15.1 Å². The number of aryl methyl sites for hydroxylation is 1. The fraction of sp³-hybridized carbons (Fsp3) is 0.300. The molecular weight excluding hydrogens is 388 g/mol. The van der Waals surface area contributed by atoms with Crippen LogP contribution in [0.4, 0.5) is 17.3 Å². The molecule has 0 bridgehead atoms. The number of carbonyl (C=O) groups is 2. The van der Waals surface area contributed by atoms with Crippen LogP contribution in [-0.2, 0) is 13.0 Å². The molecule has 148 valence electrons. The smallest absolute Gasteiger partial charge is 0.268 e. The number of anilines is 3. The summed E-state index contributed by atoms with van der Waals surface area (Å²) in [6.45, 7) is 4.10. The highest BCUT2D eigenvalue weighted by molar-refractivity contribution is 7.12. The first kappa shape index (κ1) is 17.9. The van der Waals surface area contributed by atoms with Crippen molar-refractivity contribution < 1.29 is 9.59 Å². The van der Waals surface area contributed by atoms with Gasteiger partial charge in [-0.15, -0.1) is 11.3 Å². The van der Waals surface area contributed by atoms with Crippen molar-refractivity contribution in [3.63, 3.8) is 0 Å². The summed E-state index contributed by atoms with van der Waals surface area (Å²) in [4.78, 5) is 33.4. The van der Waals surface area contributed by atoms with Gasteiger partial charge >= 0.3 is 0 Å². The zero-order chi connectivity index (χ0) is 20.1. The molecule has 0 saturated carbocycles. The average Bonchev–Trinajstić information content (AvgIpc) is 3.40. The van der Waals surface area contributed by atoms with Crippen molar-refractivity contribution in [3.05, 3.63) is 51.5 Å². The van der Waals surface area contributed by atoms with Crippen molar-refractivity contribution in [3.8, 4) is 0 Å². The van der Waals surface area contributed by atoms with E-state index in [1.807, 2.05) is 36.9 Å². The van der Waals surface area contributed by atoms with Gasteiger partial charge in [-0.3, -0.25) is 9.59 Å². The quantitative estimate of drug-likeness (QED) is 0.720. The van der Waals surface area contributed by atoms with Gasteiger partial charge in [0.2, 0.25) is 0 Å². The third-order valence-corrected chi connectivity index (χ3v) is 6.39. The van der Waals surface area contributed by atoms with Gasteiger partial charge in [-0.2, -0.15) is 5.10 Å². The molecule has 2 aliphatic heterocycles. The minimum atomic E-state index is -0.190. The molecule has 0 spiro atoms. The number of hydrogen-bond donors (Lipinski definition) is 1. The Hall–Kier alpha value is -3.20. The third kappa shape index (κ3) is 2.98. The Balaban J connectivity index is 1.40. The van der Waals surface area contributed by atoms with Crippen LogP contribution < -0.4 is 10.2 Å². The van der Waals surface area contributed by atoms with Crippen LogP contribution in [0.1, 0.15) is 31.3 Å². The van der Waals surface area contributed by atoms with E-state index in [9.17, 15) is 9.59 Å². The molecule has 2 aliphatic rings. The molecule has 0 aliphatic carbocycles. The molecule has 0 atom stereocenters. The van der Waals surface area contributed by atoms with Crippen LogP contribution in [-0.4, -0.2) is 51.6 Å². The van der Waals surface area contributed by atoms with E-state index < -0.39 is 0 Å². The van der Waals surface area contributed by atoms with Gasteiger partial charge in [0.25, 0.3) is 11.8 Å². The van der Waals surface area contributed by atoms with Gasteiger partial charge in [0.15, 0.2) is 5.82 Å². The van der Waals surface area contributed by atoms with Gasteiger partial charge in [0.1, 0.15) is 10.7 Å². The molecule has 1 N–H and O–H groups in total. The largest absolute Gasteiger partial charge is 0.341 e. The second-order valence-electron chi connectivity index (χ2n) is 7.30. The summed E-state index contributed by atoms with van der Waals surface area (Å²) < 4.78 is 1.90. The van der Waals surface area contributed by atoms with Crippen molar-refractivity contribution in [2.24, 2.45) is 0 Å². The van der Waals surface area contributed by atoms with Gasteiger partial charge in [0.05, 0.1) is 17.7 Å². The van der Waals surface area contributed by atoms with E-state index in [4.69, 9.17) is 0 Å². The number of rotatable bonds is 3. The summed E-state index contributed by atoms with van der Waals surface area (Å²) in [7, 11) is 1.84. The summed E-state index contributed by atoms with van der Waals surface area (Å²) in [5, 5.41) is 7.39. The molecule has 1 aromatic carbocycles. The van der Waals surface area contributed by atoms with E-state index in [2.05, 4.69) is 26.4 Å². The highest BCUT2D eigenvalue weighted by atomic mass is 32.1. The summed E-state index contributed by atoms with van der Waals surface area (Å²) in [5.41, 5.74) is 5.28. The predicted molar refractivity (Wildman–Crippen MR) is 111 cm³/mol. The van der Waals surface area contributed by atoms with E-state index in [0.29, 0.717) is 10.7 Å². The highest BCUT2D eigenvalue weighted by Gasteiger charge is 2.27. The van der Waals surface area contributed by atoms with Crippen LogP contribution in [0.15, 0.2) is 29.8 Å². The molecule has 9 heteroatoms. The van der Waals surface area contributed by atoms with E-state index in [1.54, 1.807) is 10.4 Å². The molecule has 4 heterocycles. The Labute approximate surface area is 171 Å². The van der Waals surface area contributed by atoms with Crippen LogP contribution in [0.25, 0.3) is 0 Å². The Morgan fingerprint density at radius 1 is 1.21 bits per heavy atom. The number of benzene rings is 1. The third-order valence-electron chi connectivity index (χ3n) is 5.46.